The van der Waals surface area contributed by atoms with Crippen LogP contribution in [-0.2, 0) is 6.54 Å². The van der Waals surface area contributed by atoms with Gasteiger partial charge in [-0.25, -0.2) is 9.97 Å². The molecule has 5 nitrogen and oxygen atoms in total. The van der Waals surface area contributed by atoms with Gasteiger partial charge in [-0.05, 0) is 25.0 Å². The first-order valence-electron chi connectivity index (χ1n) is 9.29. The first-order chi connectivity index (χ1) is 11.9. The van der Waals surface area contributed by atoms with Gasteiger partial charge in [0.15, 0.2) is 0 Å². The number of pyridine rings is 1. The molecule has 4 rings (SSSR count). The summed E-state index contributed by atoms with van der Waals surface area (Å²) < 4.78 is 2.45. The van der Waals surface area contributed by atoms with Crippen molar-refractivity contribution in [1.82, 2.24) is 19.4 Å². The third-order valence-electron chi connectivity index (χ3n) is 5.45. The zero-order valence-electron chi connectivity index (χ0n) is 14.3. The Balaban J connectivity index is 1.35. The lowest BCUT2D eigenvalue weighted by atomic mass is 9.95. The van der Waals surface area contributed by atoms with Crippen molar-refractivity contribution < 1.29 is 0 Å². The molecule has 0 atom stereocenters. The Labute approximate surface area is 144 Å². The normalized spacial score (nSPS) is 20.4. The minimum atomic E-state index is 0.672. The van der Waals surface area contributed by atoms with E-state index in [2.05, 4.69) is 49.0 Å². The summed E-state index contributed by atoms with van der Waals surface area (Å²) in [6.07, 6.45) is 12.8. The fraction of sp³-hybridized carbons (Fsp3) is 0.579. The molecule has 0 unspecified atom stereocenters. The van der Waals surface area contributed by atoms with Crippen LogP contribution in [0.5, 0.6) is 0 Å². The summed E-state index contributed by atoms with van der Waals surface area (Å²) in [6, 6.07) is 6.82. The molecule has 0 bridgehead atoms. The van der Waals surface area contributed by atoms with Gasteiger partial charge in [-0.3, -0.25) is 4.90 Å². The lowest BCUT2D eigenvalue weighted by Gasteiger charge is -2.35. The molecule has 3 heterocycles. The number of hydrogen-bond acceptors (Lipinski definition) is 4. The lowest BCUT2D eigenvalue weighted by Crippen LogP contribution is -2.46. The van der Waals surface area contributed by atoms with Crippen molar-refractivity contribution >= 4 is 5.82 Å². The van der Waals surface area contributed by atoms with E-state index in [0.717, 1.165) is 38.5 Å². The van der Waals surface area contributed by atoms with Crippen LogP contribution in [0.1, 0.15) is 43.8 Å². The summed E-state index contributed by atoms with van der Waals surface area (Å²) in [5.41, 5.74) is 1.38. The second kappa shape index (κ2) is 7.34. The zero-order valence-corrected chi connectivity index (χ0v) is 14.3. The summed E-state index contributed by atoms with van der Waals surface area (Å²) in [5.74, 6) is 1.10. The molecule has 1 aliphatic carbocycles. The van der Waals surface area contributed by atoms with Crippen LogP contribution in [0.15, 0.2) is 36.9 Å². The van der Waals surface area contributed by atoms with Crippen molar-refractivity contribution in [2.24, 2.45) is 0 Å². The van der Waals surface area contributed by atoms with Crippen LogP contribution >= 0.6 is 0 Å². The van der Waals surface area contributed by atoms with E-state index in [9.17, 15) is 0 Å². The van der Waals surface area contributed by atoms with Gasteiger partial charge in [-0.1, -0.05) is 25.3 Å². The molecule has 2 aromatic heterocycles. The van der Waals surface area contributed by atoms with Gasteiger partial charge in [0.05, 0.1) is 12.0 Å². The van der Waals surface area contributed by atoms with E-state index >= 15 is 0 Å². The fourth-order valence-electron chi connectivity index (χ4n) is 4.05. The highest BCUT2D eigenvalue weighted by atomic mass is 15.3. The first-order valence-corrected chi connectivity index (χ1v) is 9.29. The van der Waals surface area contributed by atoms with Crippen molar-refractivity contribution in [1.29, 1.82) is 0 Å². The predicted octanol–water partition coefficient (Wildman–Crippen LogP) is 3.11. The third kappa shape index (κ3) is 3.46. The second-order valence-electron chi connectivity index (χ2n) is 7.04. The molecule has 24 heavy (non-hydrogen) atoms. The van der Waals surface area contributed by atoms with Gasteiger partial charge in [-0.15, -0.1) is 0 Å². The van der Waals surface area contributed by atoms with Gasteiger partial charge in [0.2, 0.25) is 0 Å². The Kier molecular flexibility index (Phi) is 4.78. The molecule has 2 fully saturated rings. The average Bonchev–Trinajstić information content (AvgIpc) is 3.12. The minimum Gasteiger partial charge on any atom is -0.354 e. The Morgan fingerprint density at radius 3 is 2.58 bits per heavy atom. The molecule has 0 amide bonds. The first kappa shape index (κ1) is 15.6. The van der Waals surface area contributed by atoms with E-state index in [-0.39, 0.29) is 0 Å². The maximum Gasteiger partial charge on any atom is 0.128 e. The molecular formula is C19H27N5. The maximum atomic E-state index is 4.47. The molecule has 1 saturated heterocycles. The Morgan fingerprint density at radius 1 is 1.00 bits per heavy atom. The predicted molar refractivity (Wildman–Crippen MR) is 96.1 cm³/mol. The zero-order chi connectivity index (χ0) is 16.2. The van der Waals surface area contributed by atoms with Crippen LogP contribution in [-0.4, -0.2) is 45.6 Å². The van der Waals surface area contributed by atoms with E-state index in [1.54, 1.807) is 0 Å². The van der Waals surface area contributed by atoms with Gasteiger partial charge in [-0.2, -0.15) is 0 Å². The van der Waals surface area contributed by atoms with Crippen LogP contribution in [0.25, 0.3) is 0 Å². The molecule has 2 aromatic rings. The molecule has 0 spiro atoms. The van der Waals surface area contributed by atoms with Gasteiger partial charge >= 0.3 is 0 Å². The van der Waals surface area contributed by atoms with Crippen molar-refractivity contribution in [3.8, 4) is 0 Å². The quantitative estimate of drug-likeness (QED) is 0.865. The molecule has 5 heteroatoms. The highest BCUT2D eigenvalue weighted by Crippen LogP contribution is 2.29. The maximum absolute atomic E-state index is 4.47. The van der Waals surface area contributed by atoms with Crippen molar-refractivity contribution in [3.05, 3.63) is 42.6 Å². The number of piperazine rings is 1. The number of nitrogens with zero attached hydrogens (tertiary/aromatic N) is 5. The van der Waals surface area contributed by atoms with E-state index < -0.39 is 0 Å². The highest BCUT2D eigenvalue weighted by molar-refractivity contribution is 5.38. The lowest BCUT2D eigenvalue weighted by molar-refractivity contribution is 0.237. The van der Waals surface area contributed by atoms with Gasteiger partial charge in [0.25, 0.3) is 0 Å². The second-order valence-corrected chi connectivity index (χ2v) is 7.04. The van der Waals surface area contributed by atoms with Crippen LogP contribution in [0, 0.1) is 0 Å². The van der Waals surface area contributed by atoms with Crippen LogP contribution < -0.4 is 4.90 Å². The Morgan fingerprint density at radius 2 is 1.83 bits per heavy atom. The summed E-state index contributed by atoms with van der Waals surface area (Å²) in [4.78, 5) is 13.8. The Hall–Kier alpha value is -1.88. The summed E-state index contributed by atoms with van der Waals surface area (Å²) in [5, 5.41) is 0. The van der Waals surface area contributed by atoms with Crippen molar-refractivity contribution in [3.63, 3.8) is 0 Å². The number of hydrogen-bond donors (Lipinski definition) is 0. The molecule has 1 aliphatic heterocycles. The molecule has 0 aromatic carbocycles. The number of anilines is 1. The average molecular weight is 325 g/mol. The number of imidazole rings is 1. The molecule has 128 valence electrons. The van der Waals surface area contributed by atoms with Crippen LogP contribution in [0.4, 0.5) is 5.82 Å². The largest absolute Gasteiger partial charge is 0.354 e. The number of aromatic nitrogens is 3. The molecular weight excluding hydrogens is 298 g/mol. The molecule has 1 saturated carbocycles. The molecule has 0 radical (unpaired) electrons. The number of rotatable bonds is 4. The molecule has 0 N–H and O–H groups in total. The summed E-state index contributed by atoms with van der Waals surface area (Å²) >= 11 is 0. The summed E-state index contributed by atoms with van der Waals surface area (Å²) in [6.45, 7) is 5.30. The third-order valence-corrected chi connectivity index (χ3v) is 5.45. The van der Waals surface area contributed by atoms with Crippen LogP contribution in [0.3, 0.4) is 0 Å². The SMILES string of the molecule is c1ccc(N2CCN(Cc3cncn3C3CCCCC3)CC2)nc1. The van der Waals surface area contributed by atoms with Gasteiger partial charge in [0, 0.05) is 51.2 Å². The van der Waals surface area contributed by atoms with Gasteiger partial charge < -0.3 is 9.47 Å². The highest BCUT2D eigenvalue weighted by Gasteiger charge is 2.21. The van der Waals surface area contributed by atoms with Crippen LogP contribution in [0.2, 0.25) is 0 Å². The van der Waals surface area contributed by atoms with Gasteiger partial charge in [0.1, 0.15) is 5.82 Å². The molecule has 2 aliphatic rings. The van der Waals surface area contributed by atoms with E-state index in [4.69, 9.17) is 0 Å². The smallest absolute Gasteiger partial charge is 0.128 e. The monoisotopic (exact) mass is 325 g/mol. The Bertz CT molecular complexity index is 624. The topological polar surface area (TPSA) is 37.2 Å². The van der Waals surface area contributed by atoms with E-state index in [1.165, 1.54) is 37.8 Å². The van der Waals surface area contributed by atoms with Crippen molar-refractivity contribution in [2.75, 3.05) is 31.1 Å². The van der Waals surface area contributed by atoms with E-state index in [1.807, 2.05) is 12.3 Å². The standard InChI is InChI=1S/C19H27N5/c1-2-6-17(7-3-1)24-16-20-14-18(24)15-22-10-12-23(13-11-22)19-8-4-5-9-21-19/h4-5,8-9,14,16-17H,1-3,6-7,10-13,15H2. The van der Waals surface area contributed by atoms with E-state index in [0.29, 0.717) is 6.04 Å². The minimum absolute atomic E-state index is 0.672. The fourth-order valence-corrected chi connectivity index (χ4v) is 4.05. The van der Waals surface area contributed by atoms with Crippen molar-refractivity contribution in [2.45, 2.75) is 44.7 Å². The summed E-state index contributed by atoms with van der Waals surface area (Å²) in [7, 11) is 0.